The molecule has 2 N–H and O–H groups in total. The van der Waals surface area contributed by atoms with Gasteiger partial charge in [-0.25, -0.2) is 9.18 Å². The van der Waals surface area contributed by atoms with Crippen LogP contribution in [-0.4, -0.2) is 17.0 Å². The van der Waals surface area contributed by atoms with E-state index in [1.165, 1.54) is 12.1 Å². The molecule has 0 unspecified atom stereocenters. The van der Waals surface area contributed by atoms with Gasteiger partial charge in [0, 0.05) is 0 Å². The van der Waals surface area contributed by atoms with Crippen LogP contribution in [0.25, 0.3) is 0 Å². The summed E-state index contributed by atoms with van der Waals surface area (Å²) in [5.41, 5.74) is -0.278. The van der Waals surface area contributed by atoms with E-state index in [1.807, 2.05) is 0 Å². The second-order valence-electron chi connectivity index (χ2n) is 3.55. The summed E-state index contributed by atoms with van der Waals surface area (Å²) in [5.74, 6) is -2.50. The van der Waals surface area contributed by atoms with Gasteiger partial charge in [0.15, 0.2) is 0 Å². The van der Waals surface area contributed by atoms with Crippen LogP contribution in [0.15, 0.2) is 30.3 Å². The Morgan fingerprint density at radius 2 is 2.00 bits per heavy atom. The zero-order valence-corrected chi connectivity index (χ0v) is 10.9. The van der Waals surface area contributed by atoms with Gasteiger partial charge >= 0.3 is 5.97 Å². The lowest BCUT2D eigenvalue weighted by Gasteiger charge is -2.07. The Morgan fingerprint density at radius 3 is 2.58 bits per heavy atom. The number of hydrogen-bond donors (Lipinski definition) is 2. The van der Waals surface area contributed by atoms with Gasteiger partial charge in [0.25, 0.3) is 5.91 Å². The van der Waals surface area contributed by atoms with Gasteiger partial charge in [0.05, 0.1) is 20.5 Å². The first kappa shape index (κ1) is 13.5. The van der Waals surface area contributed by atoms with Gasteiger partial charge in [0.1, 0.15) is 5.82 Å². The van der Waals surface area contributed by atoms with Crippen molar-refractivity contribution in [3.63, 3.8) is 0 Å². The van der Waals surface area contributed by atoms with Crippen LogP contribution in [0.1, 0.15) is 20.0 Å². The Balaban J connectivity index is 2.28. The standard InChI is InChI=1S/C12H7ClFNO3S/c13-10-4-3-9(19-10)11(16)15-8-2-1-6(14)5-7(8)12(17)18/h1-5H,(H,15,16)(H,17,18). The minimum Gasteiger partial charge on any atom is -0.478 e. The molecule has 0 spiro atoms. The van der Waals surface area contributed by atoms with Crippen molar-refractivity contribution in [1.29, 1.82) is 0 Å². The number of hydrogen-bond acceptors (Lipinski definition) is 3. The first-order valence-electron chi connectivity index (χ1n) is 5.07. The molecular weight excluding hydrogens is 293 g/mol. The fourth-order valence-electron chi connectivity index (χ4n) is 1.42. The SMILES string of the molecule is O=C(Nc1ccc(F)cc1C(=O)O)c1ccc(Cl)s1. The zero-order valence-electron chi connectivity index (χ0n) is 9.31. The highest BCUT2D eigenvalue weighted by atomic mass is 35.5. The average molecular weight is 300 g/mol. The van der Waals surface area contributed by atoms with Gasteiger partial charge in [-0.1, -0.05) is 11.6 Å². The Morgan fingerprint density at radius 1 is 1.26 bits per heavy atom. The number of carbonyl (C=O) groups excluding carboxylic acids is 1. The number of anilines is 1. The van der Waals surface area contributed by atoms with Gasteiger partial charge in [-0.05, 0) is 30.3 Å². The summed E-state index contributed by atoms with van der Waals surface area (Å²) < 4.78 is 13.4. The average Bonchev–Trinajstić information content (AvgIpc) is 2.78. The normalized spacial score (nSPS) is 10.2. The predicted molar refractivity (Wildman–Crippen MR) is 70.6 cm³/mol. The lowest BCUT2D eigenvalue weighted by Crippen LogP contribution is -2.13. The summed E-state index contributed by atoms with van der Waals surface area (Å²) in [5, 5.41) is 11.4. The molecule has 7 heteroatoms. The summed E-state index contributed by atoms with van der Waals surface area (Å²) >= 11 is 6.77. The van der Waals surface area contributed by atoms with Crippen molar-refractivity contribution in [3.05, 3.63) is 50.9 Å². The van der Waals surface area contributed by atoms with E-state index in [4.69, 9.17) is 16.7 Å². The van der Waals surface area contributed by atoms with E-state index in [0.29, 0.717) is 9.21 Å². The van der Waals surface area contributed by atoms with Crippen molar-refractivity contribution < 1.29 is 19.1 Å². The van der Waals surface area contributed by atoms with Crippen LogP contribution in [0.3, 0.4) is 0 Å². The molecule has 0 saturated carbocycles. The summed E-state index contributed by atoms with van der Waals surface area (Å²) in [7, 11) is 0. The number of halogens is 2. The van der Waals surface area contributed by atoms with Crippen molar-refractivity contribution in [2.24, 2.45) is 0 Å². The molecule has 98 valence electrons. The maximum atomic E-state index is 13.0. The maximum absolute atomic E-state index is 13.0. The van der Waals surface area contributed by atoms with E-state index in [-0.39, 0.29) is 11.3 Å². The second-order valence-corrected chi connectivity index (χ2v) is 5.27. The maximum Gasteiger partial charge on any atom is 0.337 e. The lowest BCUT2D eigenvalue weighted by atomic mass is 10.1. The summed E-state index contributed by atoms with van der Waals surface area (Å²) in [6.45, 7) is 0. The molecule has 1 aromatic carbocycles. The van der Waals surface area contributed by atoms with Gasteiger partial charge in [-0.15, -0.1) is 11.3 Å². The fourth-order valence-corrected chi connectivity index (χ4v) is 2.36. The smallest absolute Gasteiger partial charge is 0.337 e. The molecule has 0 saturated heterocycles. The molecule has 4 nitrogen and oxygen atoms in total. The van der Waals surface area contributed by atoms with Crippen LogP contribution in [0.4, 0.5) is 10.1 Å². The Hall–Kier alpha value is -1.92. The molecule has 2 rings (SSSR count). The van der Waals surface area contributed by atoms with E-state index in [2.05, 4.69) is 5.32 Å². The minimum atomic E-state index is -1.32. The highest BCUT2D eigenvalue weighted by Crippen LogP contribution is 2.23. The van der Waals surface area contributed by atoms with Crippen LogP contribution in [0, 0.1) is 5.82 Å². The van der Waals surface area contributed by atoms with E-state index in [0.717, 1.165) is 23.5 Å². The van der Waals surface area contributed by atoms with Crippen molar-refractivity contribution in [2.75, 3.05) is 5.32 Å². The third-order valence-electron chi connectivity index (χ3n) is 2.26. The number of aromatic carboxylic acids is 1. The van der Waals surface area contributed by atoms with Crippen LogP contribution >= 0.6 is 22.9 Å². The van der Waals surface area contributed by atoms with Gasteiger partial charge in [-0.3, -0.25) is 4.79 Å². The highest BCUT2D eigenvalue weighted by Gasteiger charge is 2.15. The number of benzene rings is 1. The Kier molecular flexibility index (Phi) is 3.82. The number of rotatable bonds is 3. The van der Waals surface area contributed by atoms with E-state index in [1.54, 1.807) is 6.07 Å². The van der Waals surface area contributed by atoms with Crippen LogP contribution < -0.4 is 5.32 Å². The molecule has 0 aliphatic heterocycles. The largest absolute Gasteiger partial charge is 0.478 e. The molecule has 0 fully saturated rings. The molecule has 1 aromatic heterocycles. The molecule has 2 aromatic rings. The van der Waals surface area contributed by atoms with E-state index >= 15 is 0 Å². The number of nitrogens with one attached hydrogen (secondary N) is 1. The molecule has 0 bridgehead atoms. The monoisotopic (exact) mass is 299 g/mol. The first-order chi connectivity index (χ1) is 8.97. The summed E-state index contributed by atoms with van der Waals surface area (Å²) in [6.07, 6.45) is 0. The molecule has 0 aliphatic carbocycles. The second kappa shape index (κ2) is 5.38. The third kappa shape index (κ3) is 3.10. The van der Waals surface area contributed by atoms with Crippen molar-refractivity contribution >= 4 is 40.5 Å². The zero-order chi connectivity index (χ0) is 14.0. The van der Waals surface area contributed by atoms with Crippen LogP contribution in [0.5, 0.6) is 0 Å². The van der Waals surface area contributed by atoms with Crippen LogP contribution in [-0.2, 0) is 0 Å². The molecule has 0 atom stereocenters. The molecule has 0 radical (unpaired) electrons. The number of carboxylic acid groups (broad SMARTS) is 1. The fraction of sp³-hybridized carbons (Fsp3) is 0. The summed E-state index contributed by atoms with van der Waals surface area (Å²) in [4.78, 5) is 23.1. The number of amides is 1. The Bertz CT molecular complexity index is 656. The molecule has 1 heterocycles. The highest BCUT2D eigenvalue weighted by molar-refractivity contribution is 7.18. The third-order valence-corrected chi connectivity index (χ3v) is 3.49. The first-order valence-corrected chi connectivity index (χ1v) is 6.26. The van der Waals surface area contributed by atoms with Gasteiger partial charge in [0.2, 0.25) is 0 Å². The molecule has 19 heavy (non-hydrogen) atoms. The molecule has 0 aliphatic rings. The van der Waals surface area contributed by atoms with E-state index in [9.17, 15) is 14.0 Å². The quantitative estimate of drug-likeness (QED) is 0.911. The van der Waals surface area contributed by atoms with Gasteiger partial charge in [-0.2, -0.15) is 0 Å². The number of carboxylic acids is 1. The van der Waals surface area contributed by atoms with Crippen molar-refractivity contribution in [2.45, 2.75) is 0 Å². The van der Waals surface area contributed by atoms with E-state index < -0.39 is 17.7 Å². The van der Waals surface area contributed by atoms with Crippen molar-refractivity contribution in [3.8, 4) is 0 Å². The van der Waals surface area contributed by atoms with Gasteiger partial charge < -0.3 is 10.4 Å². The lowest BCUT2D eigenvalue weighted by molar-refractivity contribution is 0.0697. The predicted octanol–water partition coefficient (Wildman–Crippen LogP) is 3.49. The molecular formula is C12H7ClFNO3S. The van der Waals surface area contributed by atoms with Crippen LogP contribution in [0.2, 0.25) is 4.34 Å². The number of carbonyl (C=O) groups is 2. The molecule has 1 amide bonds. The minimum absolute atomic E-state index is 0.0309. The summed E-state index contributed by atoms with van der Waals surface area (Å²) in [6, 6.07) is 6.20. The van der Waals surface area contributed by atoms with Crippen molar-refractivity contribution in [1.82, 2.24) is 0 Å². The Labute approximate surface area is 116 Å². The number of thiophene rings is 1. The topological polar surface area (TPSA) is 66.4 Å².